The molecule has 0 aromatic heterocycles. The topological polar surface area (TPSA) is 89.9 Å². The van der Waals surface area contributed by atoms with E-state index in [1.54, 1.807) is 19.9 Å². The number of ether oxygens (including phenoxy) is 2. The van der Waals surface area contributed by atoms with Gasteiger partial charge in [0, 0.05) is 16.7 Å². The highest BCUT2D eigenvalue weighted by atomic mass is 35.5. The van der Waals surface area contributed by atoms with E-state index in [0.29, 0.717) is 24.0 Å². The first kappa shape index (κ1) is 23.4. The number of allylic oxidation sites excluding steroid dienone is 6. The minimum Gasteiger partial charge on any atom is -0.506 e. The van der Waals surface area contributed by atoms with Gasteiger partial charge >= 0.3 is 0 Å². The summed E-state index contributed by atoms with van der Waals surface area (Å²) in [7, 11) is 2.78. The van der Waals surface area contributed by atoms with E-state index in [1.165, 1.54) is 26.4 Å². The molecular formula is C23H25ClO6. The summed E-state index contributed by atoms with van der Waals surface area (Å²) in [5, 5.41) is 11.3. The molecule has 0 saturated carbocycles. The van der Waals surface area contributed by atoms with Crippen molar-refractivity contribution in [3.63, 3.8) is 0 Å². The van der Waals surface area contributed by atoms with Gasteiger partial charge in [-0.2, -0.15) is 0 Å². The molecule has 0 heterocycles. The fraction of sp³-hybridized carbons (Fsp3) is 0.348. The molecule has 0 saturated heterocycles. The van der Waals surface area contributed by atoms with E-state index in [4.69, 9.17) is 21.1 Å². The summed E-state index contributed by atoms with van der Waals surface area (Å²) in [6.07, 6.45) is 5.35. The SMILES string of the molecule is C/C=C\C(C(=O)CC(=O)c1c(OC)cc(OC)c(C2=C(C=O)CCC2)c1O)=C(/C)Cl. The Morgan fingerprint density at radius 3 is 2.40 bits per heavy atom. The molecule has 0 bridgehead atoms. The molecule has 6 nitrogen and oxygen atoms in total. The number of hydrogen-bond acceptors (Lipinski definition) is 6. The van der Waals surface area contributed by atoms with Gasteiger partial charge in [-0.25, -0.2) is 0 Å². The first-order valence-corrected chi connectivity index (χ1v) is 9.89. The Labute approximate surface area is 180 Å². The van der Waals surface area contributed by atoms with Crippen molar-refractivity contribution < 1.29 is 29.0 Å². The number of hydrogen-bond donors (Lipinski definition) is 1. The van der Waals surface area contributed by atoms with Gasteiger partial charge in [-0.1, -0.05) is 23.8 Å². The number of carbonyl (C=O) groups is 3. The molecule has 0 unspecified atom stereocenters. The molecule has 1 N–H and O–H groups in total. The standard InChI is InChI=1S/C23H25ClO6/c1-5-7-15(13(2)24)17(26)10-18(27)22-20(30-4)11-19(29-3)21(23(22)28)16-9-6-8-14(16)12-25/h5,7,11-12,28H,6,8-10H2,1-4H3/b7-5-,15-13-. The fourth-order valence-electron chi connectivity index (χ4n) is 3.58. The first-order valence-electron chi connectivity index (χ1n) is 9.51. The third kappa shape index (κ3) is 4.65. The van der Waals surface area contributed by atoms with Crippen molar-refractivity contribution in [1.29, 1.82) is 0 Å². The van der Waals surface area contributed by atoms with E-state index in [-0.39, 0.29) is 39.0 Å². The summed E-state index contributed by atoms with van der Waals surface area (Å²) in [5.74, 6) is -1.09. The molecule has 0 amide bonds. The third-order valence-electron chi connectivity index (χ3n) is 4.98. The lowest BCUT2D eigenvalue weighted by Crippen LogP contribution is -2.12. The number of aldehydes is 1. The lowest BCUT2D eigenvalue weighted by atomic mass is 9.93. The molecule has 30 heavy (non-hydrogen) atoms. The van der Waals surface area contributed by atoms with Gasteiger partial charge in [0.1, 0.15) is 29.1 Å². The zero-order chi connectivity index (χ0) is 22.4. The maximum absolute atomic E-state index is 13.0. The number of halogens is 1. The molecule has 0 radical (unpaired) electrons. The highest BCUT2D eigenvalue weighted by Gasteiger charge is 2.30. The van der Waals surface area contributed by atoms with Crippen LogP contribution in [0.25, 0.3) is 5.57 Å². The quantitative estimate of drug-likeness (QED) is 0.198. The second-order valence-corrected chi connectivity index (χ2v) is 7.39. The van der Waals surface area contributed by atoms with Crippen LogP contribution < -0.4 is 9.47 Å². The predicted molar refractivity (Wildman–Crippen MR) is 115 cm³/mol. The van der Waals surface area contributed by atoms with Crippen molar-refractivity contribution in [3.8, 4) is 17.2 Å². The van der Waals surface area contributed by atoms with E-state index in [1.807, 2.05) is 0 Å². The smallest absolute Gasteiger partial charge is 0.178 e. The summed E-state index contributed by atoms with van der Waals surface area (Å²) in [4.78, 5) is 37.1. The molecule has 160 valence electrons. The van der Waals surface area contributed by atoms with Gasteiger partial charge in [0.05, 0.1) is 26.2 Å². The van der Waals surface area contributed by atoms with Crippen molar-refractivity contribution in [2.24, 2.45) is 0 Å². The number of methoxy groups -OCH3 is 2. The van der Waals surface area contributed by atoms with Crippen molar-refractivity contribution in [1.82, 2.24) is 0 Å². The molecule has 0 atom stereocenters. The third-order valence-corrected chi connectivity index (χ3v) is 5.18. The van der Waals surface area contributed by atoms with E-state index in [9.17, 15) is 19.5 Å². The second-order valence-electron chi connectivity index (χ2n) is 6.83. The minimum atomic E-state index is -0.621. The molecule has 1 aliphatic carbocycles. The first-order chi connectivity index (χ1) is 14.3. The van der Waals surface area contributed by atoms with Gasteiger partial charge in [0.2, 0.25) is 0 Å². The lowest BCUT2D eigenvalue weighted by Gasteiger charge is -2.18. The molecular weight excluding hydrogens is 408 g/mol. The lowest BCUT2D eigenvalue weighted by molar-refractivity contribution is -0.114. The summed E-state index contributed by atoms with van der Waals surface area (Å²) >= 11 is 5.99. The molecule has 1 aromatic carbocycles. The fourth-order valence-corrected chi connectivity index (χ4v) is 3.75. The average Bonchev–Trinajstić information content (AvgIpc) is 3.18. The number of aromatic hydroxyl groups is 1. The molecule has 7 heteroatoms. The molecule has 1 aliphatic rings. The van der Waals surface area contributed by atoms with E-state index < -0.39 is 18.0 Å². The Balaban J connectivity index is 2.61. The largest absolute Gasteiger partial charge is 0.506 e. The van der Waals surface area contributed by atoms with Crippen LogP contribution in [0.3, 0.4) is 0 Å². The van der Waals surface area contributed by atoms with Gasteiger partial charge < -0.3 is 14.6 Å². The van der Waals surface area contributed by atoms with Crippen LogP contribution >= 0.6 is 11.6 Å². The minimum absolute atomic E-state index is 0.0799. The van der Waals surface area contributed by atoms with E-state index >= 15 is 0 Å². The molecule has 0 aliphatic heterocycles. The van der Waals surface area contributed by atoms with Gasteiger partial charge in [-0.05, 0) is 44.3 Å². The summed E-state index contributed by atoms with van der Waals surface area (Å²) in [5.41, 5.74) is 1.57. The highest BCUT2D eigenvalue weighted by molar-refractivity contribution is 6.32. The van der Waals surface area contributed by atoms with Crippen LogP contribution in [0.5, 0.6) is 17.2 Å². The zero-order valence-corrected chi connectivity index (χ0v) is 18.3. The molecule has 1 aromatic rings. The second kappa shape index (κ2) is 10.3. The van der Waals surface area contributed by atoms with Crippen molar-refractivity contribution in [3.05, 3.63) is 45.5 Å². The van der Waals surface area contributed by atoms with E-state index in [2.05, 4.69) is 0 Å². The number of phenols is 1. The summed E-state index contributed by atoms with van der Waals surface area (Å²) < 4.78 is 10.7. The van der Waals surface area contributed by atoms with Gasteiger partial charge in [-0.3, -0.25) is 14.4 Å². The van der Waals surface area contributed by atoms with Crippen LogP contribution in [-0.4, -0.2) is 37.2 Å². The van der Waals surface area contributed by atoms with Gasteiger partial charge in [0.25, 0.3) is 0 Å². The average molecular weight is 433 g/mol. The Hall–Kier alpha value is -2.86. The summed E-state index contributed by atoms with van der Waals surface area (Å²) in [6.45, 7) is 3.30. The highest BCUT2D eigenvalue weighted by Crippen LogP contribution is 2.47. The number of phenolic OH excluding ortho intramolecular Hbond substituents is 1. The zero-order valence-electron chi connectivity index (χ0n) is 17.5. The van der Waals surface area contributed by atoms with Crippen molar-refractivity contribution in [2.45, 2.75) is 39.5 Å². The van der Waals surface area contributed by atoms with Gasteiger partial charge in [-0.15, -0.1) is 0 Å². The van der Waals surface area contributed by atoms with Crippen LogP contribution in [-0.2, 0) is 9.59 Å². The van der Waals surface area contributed by atoms with Crippen LogP contribution in [0.1, 0.15) is 55.5 Å². The Morgan fingerprint density at radius 1 is 1.20 bits per heavy atom. The number of ketones is 2. The Kier molecular flexibility index (Phi) is 8.00. The molecule has 0 fully saturated rings. The van der Waals surface area contributed by atoms with E-state index in [0.717, 1.165) is 12.7 Å². The maximum atomic E-state index is 13.0. The Morgan fingerprint density at radius 2 is 1.87 bits per heavy atom. The summed E-state index contributed by atoms with van der Waals surface area (Å²) in [6, 6.07) is 1.48. The monoisotopic (exact) mass is 432 g/mol. The van der Waals surface area contributed by atoms with Gasteiger partial charge in [0.15, 0.2) is 11.6 Å². The Bertz CT molecular complexity index is 964. The maximum Gasteiger partial charge on any atom is 0.178 e. The number of benzene rings is 1. The normalized spacial score (nSPS) is 14.7. The van der Waals surface area contributed by atoms with Crippen LogP contribution in [0.15, 0.2) is 34.4 Å². The number of carbonyl (C=O) groups excluding carboxylic acids is 3. The van der Waals surface area contributed by atoms with Crippen LogP contribution in [0.4, 0.5) is 0 Å². The molecule has 2 rings (SSSR count). The van der Waals surface area contributed by atoms with Crippen molar-refractivity contribution >= 4 is 35.0 Å². The van der Waals surface area contributed by atoms with Crippen LogP contribution in [0, 0.1) is 0 Å². The van der Waals surface area contributed by atoms with Crippen LogP contribution in [0.2, 0.25) is 0 Å². The molecule has 0 spiro atoms. The number of Topliss-reactive ketones (excluding diaryl/α,β-unsaturated/α-hetero) is 2. The van der Waals surface area contributed by atoms with Crippen molar-refractivity contribution in [2.75, 3.05) is 14.2 Å². The predicted octanol–water partition coefficient (Wildman–Crippen LogP) is 4.78. The number of rotatable bonds is 9.